The number of carbonyl (C=O) groups is 2. The normalized spacial score (nSPS) is 18.6. The average Bonchev–Trinajstić information content (AvgIpc) is 3.35. The summed E-state index contributed by atoms with van der Waals surface area (Å²) in [5.74, 6) is -1.10. The van der Waals surface area contributed by atoms with Crippen molar-refractivity contribution in [1.82, 2.24) is 0 Å². The van der Waals surface area contributed by atoms with E-state index >= 15 is 0 Å². The van der Waals surface area contributed by atoms with Crippen molar-refractivity contribution >= 4 is 52.1 Å². The first-order valence-corrected chi connectivity index (χ1v) is 11.1. The van der Waals surface area contributed by atoms with Gasteiger partial charge in [0.1, 0.15) is 6.61 Å². The molecule has 0 bridgehead atoms. The van der Waals surface area contributed by atoms with Gasteiger partial charge in [0, 0.05) is 32.6 Å². The highest BCUT2D eigenvalue weighted by Gasteiger charge is 2.46. The second kappa shape index (κ2) is 8.80. The van der Waals surface area contributed by atoms with Crippen LogP contribution in [0.25, 0.3) is 0 Å². The van der Waals surface area contributed by atoms with Crippen molar-refractivity contribution in [1.29, 1.82) is 0 Å². The van der Waals surface area contributed by atoms with E-state index < -0.39 is 17.9 Å². The second-order valence-corrected chi connectivity index (χ2v) is 9.04. The number of rotatable bonds is 5. The number of ether oxygens (including phenoxy) is 1. The summed E-state index contributed by atoms with van der Waals surface area (Å²) < 4.78 is 5.57. The fraction of sp³-hybridized carbons (Fsp3) is 0.217. The van der Waals surface area contributed by atoms with Crippen molar-refractivity contribution in [2.45, 2.75) is 26.0 Å². The first-order valence-electron chi connectivity index (χ1n) is 9.47. The number of benzene rings is 2. The predicted molar refractivity (Wildman–Crippen MR) is 120 cm³/mol. The molecule has 1 aliphatic rings. The van der Waals surface area contributed by atoms with Crippen LogP contribution in [0.3, 0.4) is 0 Å². The summed E-state index contributed by atoms with van der Waals surface area (Å²) in [5, 5.41) is 2.90. The minimum atomic E-state index is -0.594. The molecule has 2 atom stereocenters. The van der Waals surface area contributed by atoms with E-state index in [9.17, 15) is 9.59 Å². The molecular formula is C23H19Cl2NO3S. The number of nitrogens with zero attached hydrogens (tertiary/aromatic N) is 1. The molecule has 1 saturated heterocycles. The zero-order valence-corrected chi connectivity index (χ0v) is 18.5. The number of hydrogen-bond donors (Lipinski definition) is 0. The third-order valence-corrected chi connectivity index (χ3v) is 6.69. The van der Waals surface area contributed by atoms with E-state index in [-0.39, 0.29) is 18.9 Å². The lowest BCUT2D eigenvalue weighted by Gasteiger charge is -2.27. The molecule has 1 fully saturated rings. The van der Waals surface area contributed by atoms with Crippen LogP contribution in [-0.2, 0) is 20.9 Å². The standard InChI is InChI=1S/C23H19Cl2NO3S/c1-14-4-8-17(9-5-14)26-21(27)12-18(22(26)20-3-2-10-30-20)23(28)29-13-15-6-7-16(24)11-19(15)25/h2-11,18,22H,12-13H2,1H3/t18-,22+/m1/s1. The monoisotopic (exact) mass is 459 g/mol. The van der Waals surface area contributed by atoms with Gasteiger partial charge in [0.2, 0.25) is 5.91 Å². The Hall–Kier alpha value is -2.34. The van der Waals surface area contributed by atoms with Crippen molar-refractivity contribution < 1.29 is 14.3 Å². The summed E-state index contributed by atoms with van der Waals surface area (Å²) in [6, 6.07) is 16.3. The summed E-state index contributed by atoms with van der Waals surface area (Å²) in [6.07, 6.45) is 0.101. The molecule has 0 radical (unpaired) electrons. The molecule has 2 heterocycles. The summed E-state index contributed by atoms with van der Waals surface area (Å²) in [6.45, 7) is 2.02. The van der Waals surface area contributed by atoms with Gasteiger partial charge in [0.25, 0.3) is 0 Å². The Morgan fingerprint density at radius 2 is 1.93 bits per heavy atom. The molecule has 154 valence electrons. The van der Waals surface area contributed by atoms with Gasteiger partial charge in [0.15, 0.2) is 0 Å². The Balaban J connectivity index is 1.59. The number of halogens is 2. The minimum absolute atomic E-state index is 0.0290. The number of amides is 1. The van der Waals surface area contributed by atoms with Crippen LogP contribution in [0.2, 0.25) is 10.0 Å². The maximum absolute atomic E-state index is 13.0. The highest BCUT2D eigenvalue weighted by Crippen LogP contribution is 2.43. The van der Waals surface area contributed by atoms with Crippen LogP contribution >= 0.6 is 34.5 Å². The highest BCUT2D eigenvalue weighted by atomic mass is 35.5. The van der Waals surface area contributed by atoms with Gasteiger partial charge >= 0.3 is 5.97 Å². The van der Waals surface area contributed by atoms with E-state index in [1.54, 1.807) is 23.1 Å². The molecule has 0 aliphatic carbocycles. The molecule has 7 heteroatoms. The molecular weight excluding hydrogens is 441 g/mol. The van der Waals surface area contributed by atoms with E-state index in [1.165, 1.54) is 11.3 Å². The van der Waals surface area contributed by atoms with Gasteiger partial charge in [0.05, 0.1) is 12.0 Å². The Kier molecular flexibility index (Phi) is 6.14. The van der Waals surface area contributed by atoms with Crippen molar-refractivity contribution in [2.24, 2.45) is 5.92 Å². The summed E-state index contributed by atoms with van der Waals surface area (Å²) in [7, 11) is 0. The fourth-order valence-electron chi connectivity index (χ4n) is 3.64. The zero-order chi connectivity index (χ0) is 21.3. The van der Waals surface area contributed by atoms with Gasteiger partial charge < -0.3 is 9.64 Å². The molecule has 1 aliphatic heterocycles. The van der Waals surface area contributed by atoms with Crippen LogP contribution in [0.15, 0.2) is 60.0 Å². The van der Waals surface area contributed by atoms with Gasteiger partial charge in [-0.1, -0.05) is 53.0 Å². The van der Waals surface area contributed by atoms with Crippen LogP contribution in [0, 0.1) is 12.8 Å². The number of anilines is 1. The Morgan fingerprint density at radius 3 is 2.60 bits per heavy atom. The first-order chi connectivity index (χ1) is 14.4. The molecule has 0 spiro atoms. The zero-order valence-electron chi connectivity index (χ0n) is 16.2. The Bertz CT molecular complexity index is 1070. The van der Waals surface area contributed by atoms with Crippen LogP contribution in [0.1, 0.15) is 28.5 Å². The smallest absolute Gasteiger partial charge is 0.312 e. The van der Waals surface area contributed by atoms with E-state index in [0.717, 1.165) is 16.1 Å². The lowest BCUT2D eigenvalue weighted by molar-refractivity contribution is -0.150. The van der Waals surface area contributed by atoms with Crippen molar-refractivity contribution in [2.75, 3.05) is 4.90 Å². The highest BCUT2D eigenvalue weighted by molar-refractivity contribution is 7.10. The van der Waals surface area contributed by atoms with Gasteiger partial charge in [-0.25, -0.2) is 0 Å². The minimum Gasteiger partial charge on any atom is -0.460 e. The third kappa shape index (κ3) is 4.24. The van der Waals surface area contributed by atoms with E-state index in [4.69, 9.17) is 27.9 Å². The number of aryl methyl sites for hydroxylation is 1. The van der Waals surface area contributed by atoms with Gasteiger partial charge in [-0.15, -0.1) is 11.3 Å². The largest absolute Gasteiger partial charge is 0.460 e. The van der Waals surface area contributed by atoms with Gasteiger partial charge in [-0.05, 0) is 42.6 Å². The van der Waals surface area contributed by atoms with Gasteiger partial charge in [-0.3, -0.25) is 9.59 Å². The van der Waals surface area contributed by atoms with E-state index in [2.05, 4.69) is 0 Å². The molecule has 1 amide bonds. The molecule has 2 aromatic carbocycles. The average molecular weight is 460 g/mol. The first kappa shape index (κ1) is 20.9. The van der Waals surface area contributed by atoms with Crippen LogP contribution < -0.4 is 4.90 Å². The Labute approximate surface area is 189 Å². The van der Waals surface area contributed by atoms with Crippen molar-refractivity contribution in [3.05, 3.63) is 86.0 Å². The molecule has 0 N–H and O–H groups in total. The predicted octanol–water partition coefficient (Wildman–Crippen LogP) is 6.20. The maximum atomic E-state index is 13.0. The quantitative estimate of drug-likeness (QED) is 0.426. The van der Waals surface area contributed by atoms with Crippen LogP contribution in [0.4, 0.5) is 5.69 Å². The van der Waals surface area contributed by atoms with Crippen LogP contribution in [-0.4, -0.2) is 11.9 Å². The molecule has 0 unspecified atom stereocenters. The summed E-state index contributed by atoms with van der Waals surface area (Å²) in [5.41, 5.74) is 2.55. The summed E-state index contributed by atoms with van der Waals surface area (Å²) in [4.78, 5) is 28.6. The lowest BCUT2D eigenvalue weighted by Crippen LogP contribution is -2.30. The second-order valence-electron chi connectivity index (χ2n) is 7.21. The maximum Gasteiger partial charge on any atom is 0.312 e. The molecule has 4 rings (SSSR count). The molecule has 4 nitrogen and oxygen atoms in total. The van der Waals surface area contributed by atoms with Gasteiger partial charge in [-0.2, -0.15) is 0 Å². The fourth-order valence-corrected chi connectivity index (χ4v) is 4.98. The van der Waals surface area contributed by atoms with Crippen molar-refractivity contribution in [3.63, 3.8) is 0 Å². The molecule has 3 aromatic rings. The third-order valence-electron chi connectivity index (χ3n) is 5.16. The lowest BCUT2D eigenvalue weighted by atomic mass is 9.98. The SMILES string of the molecule is Cc1ccc(N2C(=O)C[C@@H](C(=O)OCc3ccc(Cl)cc3Cl)[C@H]2c2cccs2)cc1. The number of thiophene rings is 1. The van der Waals surface area contributed by atoms with E-state index in [1.807, 2.05) is 48.7 Å². The number of hydrogen-bond acceptors (Lipinski definition) is 4. The van der Waals surface area contributed by atoms with E-state index in [0.29, 0.717) is 15.6 Å². The topological polar surface area (TPSA) is 46.6 Å². The Morgan fingerprint density at radius 1 is 1.17 bits per heavy atom. The number of carbonyl (C=O) groups excluding carboxylic acids is 2. The van der Waals surface area contributed by atoms with Crippen LogP contribution in [0.5, 0.6) is 0 Å². The van der Waals surface area contributed by atoms with Crippen molar-refractivity contribution in [3.8, 4) is 0 Å². The molecule has 0 saturated carbocycles. The number of esters is 1. The summed E-state index contributed by atoms with van der Waals surface area (Å²) >= 11 is 13.6. The molecule has 1 aromatic heterocycles. The molecule has 30 heavy (non-hydrogen) atoms.